The highest BCUT2D eigenvalue weighted by Gasteiger charge is 2.27. The summed E-state index contributed by atoms with van der Waals surface area (Å²) in [5, 5.41) is 10.3. The molecule has 0 radical (unpaired) electrons. The third kappa shape index (κ3) is 6.53. The molecule has 1 fully saturated rings. The van der Waals surface area contributed by atoms with E-state index in [4.69, 9.17) is 0 Å². The Bertz CT molecular complexity index is 844. The second-order valence-corrected chi connectivity index (χ2v) is 8.03. The van der Waals surface area contributed by atoms with Crippen molar-refractivity contribution in [2.45, 2.75) is 39.7 Å². The predicted octanol–water partition coefficient (Wildman–Crippen LogP) is 2.04. The number of likely N-dealkylation sites (tertiary alicyclic amines) is 1. The lowest BCUT2D eigenvalue weighted by Gasteiger charge is -2.31. The maximum absolute atomic E-state index is 12.6. The van der Waals surface area contributed by atoms with Crippen molar-refractivity contribution in [3.63, 3.8) is 0 Å². The SMILES string of the molecule is CCN(CC)CCCNC(=O)C1CCN(C(=O)NCc2cccnc2-n2cccn2)CC1. The molecule has 0 unspecified atom stereocenters. The van der Waals surface area contributed by atoms with Gasteiger partial charge in [-0.2, -0.15) is 5.10 Å². The number of hydrogen-bond acceptors (Lipinski definition) is 5. The van der Waals surface area contributed by atoms with Gasteiger partial charge in [-0.05, 0) is 51.0 Å². The molecule has 0 aliphatic carbocycles. The highest BCUT2D eigenvalue weighted by atomic mass is 16.2. The van der Waals surface area contributed by atoms with Crippen molar-refractivity contribution in [3.05, 3.63) is 42.4 Å². The highest BCUT2D eigenvalue weighted by Crippen LogP contribution is 2.18. The minimum atomic E-state index is -0.113. The number of pyridine rings is 1. The lowest BCUT2D eigenvalue weighted by Crippen LogP contribution is -2.47. The molecular weight excluding hydrogens is 406 g/mol. The maximum Gasteiger partial charge on any atom is 0.317 e. The Labute approximate surface area is 190 Å². The summed E-state index contributed by atoms with van der Waals surface area (Å²) in [7, 11) is 0. The van der Waals surface area contributed by atoms with E-state index in [0.29, 0.717) is 44.8 Å². The molecule has 3 amide bonds. The third-order valence-electron chi connectivity index (χ3n) is 6.02. The van der Waals surface area contributed by atoms with Gasteiger partial charge in [0.25, 0.3) is 0 Å². The van der Waals surface area contributed by atoms with Crippen molar-refractivity contribution in [2.24, 2.45) is 5.92 Å². The lowest BCUT2D eigenvalue weighted by molar-refractivity contribution is -0.126. The molecule has 0 bridgehead atoms. The molecule has 0 atom stereocenters. The molecule has 9 heteroatoms. The summed E-state index contributed by atoms with van der Waals surface area (Å²) in [6.07, 6.45) is 7.59. The molecule has 2 N–H and O–H groups in total. The molecule has 9 nitrogen and oxygen atoms in total. The van der Waals surface area contributed by atoms with Crippen LogP contribution in [0.2, 0.25) is 0 Å². The van der Waals surface area contributed by atoms with E-state index in [-0.39, 0.29) is 17.9 Å². The molecule has 0 saturated carbocycles. The fourth-order valence-corrected chi connectivity index (χ4v) is 3.99. The van der Waals surface area contributed by atoms with E-state index in [1.165, 1.54) is 0 Å². The summed E-state index contributed by atoms with van der Waals surface area (Å²) >= 11 is 0. The highest BCUT2D eigenvalue weighted by molar-refractivity contribution is 5.79. The van der Waals surface area contributed by atoms with Gasteiger partial charge in [0.15, 0.2) is 5.82 Å². The summed E-state index contributed by atoms with van der Waals surface area (Å²) in [4.78, 5) is 33.6. The summed E-state index contributed by atoms with van der Waals surface area (Å²) in [6, 6.07) is 5.50. The zero-order valence-corrected chi connectivity index (χ0v) is 19.2. The van der Waals surface area contributed by atoms with Crippen LogP contribution in [-0.4, -0.2) is 75.8 Å². The van der Waals surface area contributed by atoms with Gasteiger partial charge in [0.1, 0.15) is 0 Å². The van der Waals surface area contributed by atoms with Crippen molar-refractivity contribution in [2.75, 3.05) is 39.3 Å². The largest absolute Gasteiger partial charge is 0.356 e. The Morgan fingerprint density at radius 3 is 2.59 bits per heavy atom. The average Bonchev–Trinajstić information content (AvgIpc) is 3.37. The molecule has 0 aromatic carbocycles. The summed E-state index contributed by atoms with van der Waals surface area (Å²) < 4.78 is 1.69. The van der Waals surface area contributed by atoms with Crippen LogP contribution in [0, 0.1) is 5.92 Å². The Kier molecular flexibility index (Phi) is 9.03. The van der Waals surface area contributed by atoms with E-state index < -0.39 is 0 Å². The van der Waals surface area contributed by atoms with Crippen LogP contribution < -0.4 is 10.6 Å². The van der Waals surface area contributed by atoms with Crippen molar-refractivity contribution in [1.29, 1.82) is 0 Å². The number of amides is 3. The molecule has 174 valence electrons. The Balaban J connectivity index is 1.39. The molecule has 0 spiro atoms. The Morgan fingerprint density at radius 1 is 1.12 bits per heavy atom. The molecule has 1 aliphatic heterocycles. The van der Waals surface area contributed by atoms with Gasteiger partial charge in [0.05, 0.1) is 0 Å². The minimum absolute atomic E-state index is 0.0164. The molecule has 2 aromatic rings. The normalized spacial score (nSPS) is 14.5. The molecule has 1 aliphatic rings. The Hall–Kier alpha value is -2.94. The van der Waals surface area contributed by atoms with Crippen LogP contribution >= 0.6 is 0 Å². The molecule has 32 heavy (non-hydrogen) atoms. The van der Waals surface area contributed by atoms with Crippen LogP contribution in [-0.2, 0) is 11.3 Å². The van der Waals surface area contributed by atoms with Gasteiger partial charge in [-0.25, -0.2) is 14.5 Å². The van der Waals surface area contributed by atoms with Crippen molar-refractivity contribution in [3.8, 4) is 5.82 Å². The van der Waals surface area contributed by atoms with Gasteiger partial charge in [0, 0.05) is 56.3 Å². The first-order valence-corrected chi connectivity index (χ1v) is 11.6. The van der Waals surface area contributed by atoms with Crippen molar-refractivity contribution < 1.29 is 9.59 Å². The zero-order chi connectivity index (χ0) is 22.8. The van der Waals surface area contributed by atoms with Gasteiger partial charge in [-0.3, -0.25) is 4.79 Å². The standard InChI is InChI=1S/C23H35N7O2/c1-3-28(4-2)14-6-12-25-22(31)19-9-16-29(17-10-19)23(32)26-18-20-8-5-11-24-21(20)30-15-7-13-27-30/h5,7-8,11,13,15,19H,3-4,6,9-10,12,14,16-18H2,1-2H3,(H,25,31)(H,26,32). The van der Waals surface area contributed by atoms with E-state index in [1.807, 2.05) is 24.4 Å². The summed E-state index contributed by atoms with van der Waals surface area (Å²) in [5.74, 6) is 0.801. The van der Waals surface area contributed by atoms with Crippen LogP contribution in [0.5, 0.6) is 0 Å². The second kappa shape index (κ2) is 12.2. The van der Waals surface area contributed by atoms with Crippen molar-refractivity contribution >= 4 is 11.9 Å². The first-order chi connectivity index (χ1) is 15.6. The quantitative estimate of drug-likeness (QED) is 0.550. The monoisotopic (exact) mass is 441 g/mol. The molecule has 1 saturated heterocycles. The number of urea groups is 1. The summed E-state index contributed by atoms with van der Waals surface area (Å²) in [6.45, 7) is 9.64. The topological polar surface area (TPSA) is 95.4 Å². The molecular formula is C23H35N7O2. The van der Waals surface area contributed by atoms with Crippen molar-refractivity contribution in [1.82, 2.24) is 35.2 Å². The predicted molar refractivity (Wildman–Crippen MR) is 123 cm³/mol. The van der Waals surface area contributed by atoms with Gasteiger partial charge in [0.2, 0.25) is 5.91 Å². The Morgan fingerprint density at radius 2 is 1.91 bits per heavy atom. The number of nitrogens with zero attached hydrogens (tertiary/aromatic N) is 5. The number of carbonyl (C=O) groups is 2. The van der Waals surface area contributed by atoms with Crippen LogP contribution in [0.3, 0.4) is 0 Å². The average molecular weight is 442 g/mol. The number of nitrogens with one attached hydrogen (secondary N) is 2. The van der Waals surface area contributed by atoms with E-state index in [0.717, 1.165) is 31.6 Å². The second-order valence-electron chi connectivity index (χ2n) is 8.03. The first kappa shape index (κ1) is 23.7. The number of carbonyl (C=O) groups excluding carboxylic acids is 2. The lowest BCUT2D eigenvalue weighted by atomic mass is 9.96. The van der Waals surface area contributed by atoms with E-state index >= 15 is 0 Å². The fraction of sp³-hybridized carbons (Fsp3) is 0.565. The van der Waals surface area contributed by atoms with E-state index in [2.05, 4.69) is 39.5 Å². The van der Waals surface area contributed by atoms with E-state index in [1.54, 1.807) is 22.0 Å². The van der Waals surface area contributed by atoms with Gasteiger partial charge in [-0.15, -0.1) is 0 Å². The number of aromatic nitrogens is 3. The number of rotatable bonds is 10. The third-order valence-corrected chi connectivity index (χ3v) is 6.02. The van der Waals surface area contributed by atoms with Gasteiger partial charge in [-0.1, -0.05) is 19.9 Å². The van der Waals surface area contributed by atoms with Crippen LogP contribution in [0.4, 0.5) is 4.79 Å². The van der Waals surface area contributed by atoms with Crippen LogP contribution in [0.25, 0.3) is 5.82 Å². The molecule has 3 rings (SSSR count). The smallest absolute Gasteiger partial charge is 0.317 e. The van der Waals surface area contributed by atoms with Gasteiger partial charge < -0.3 is 20.4 Å². The first-order valence-electron chi connectivity index (χ1n) is 11.6. The maximum atomic E-state index is 12.6. The minimum Gasteiger partial charge on any atom is -0.356 e. The van der Waals surface area contributed by atoms with Crippen LogP contribution in [0.15, 0.2) is 36.8 Å². The van der Waals surface area contributed by atoms with Crippen LogP contribution in [0.1, 0.15) is 38.7 Å². The molecule has 2 aromatic heterocycles. The zero-order valence-electron chi connectivity index (χ0n) is 19.2. The molecule has 3 heterocycles. The number of piperidine rings is 1. The van der Waals surface area contributed by atoms with E-state index in [9.17, 15) is 9.59 Å². The number of hydrogen-bond donors (Lipinski definition) is 2. The van der Waals surface area contributed by atoms with Gasteiger partial charge >= 0.3 is 6.03 Å². The fourth-order valence-electron chi connectivity index (χ4n) is 3.99. The summed E-state index contributed by atoms with van der Waals surface area (Å²) in [5.41, 5.74) is 0.892.